The molecule has 2 saturated heterocycles. The normalized spacial score (nSPS) is 21.1. The van der Waals surface area contributed by atoms with E-state index in [-0.39, 0.29) is 5.82 Å². The molecule has 0 aliphatic carbocycles. The van der Waals surface area contributed by atoms with Gasteiger partial charge >= 0.3 is 0 Å². The highest BCUT2D eigenvalue weighted by molar-refractivity contribution is 5.67. The molecule has 3 aromatic rings. The molecule has 176 valence electrons. The molecular formula is C24H27FN8O. The van der Waals surface area contributed by atoms with Crippen LogP contribution in [0.1, 0.15) is 12.0 Å². The third-order valence-electron chi connectivity index (χ3n) is 6.79. The van der Waals surface area contributed by atoms with Crippen LogP contribution in [0.5, 0.6) is 5.75 Å². The van der Waals surface area contributed by atoms with E-state index in [2.05, 4.69) is 66.8 Å². The Balaban J connectivity index is 1.21. The predicted molar refractivity (Wildman–Crippen MR) is 130 cm³/mol. The number of aryl methyl sites for hydroxylation is 1. The summed E-state index contributed by atoms with van der Waals surface area (Å²) in [4.78, 5) is 17.9. The number of hydrogen-bond donors (Lipinski definition) is 3. The number of fused-ring (bicyclic) bond motifs is 3. The van der Waals surface area contributed by atoms with Gasteiger partial charge in [-0.1, -0.05) is 6.07 Å². The second-order valence-corrected chi connectivity index (χ2v) is 9.10. The van der Waals surface area contributed by atoms with Crippen LogP contribution in [0.4, 0.5) is 39.2 Å². The predicted octanol–water partition coefficient (Wildman–Crippen LogP) is 3.50. The van der Waals surface area contributed by atoms with E-state index in [1.54, 1.807) is 12.1 Å². The van der Waals surface area contributed by atoms with Gasteiger partial charge in [0.2, 0.25) is 5.95 Å². The van der Waals surface area contributed by atoms with Crippen LogP contribution in [-0.4, -0.2) is 65.2 Å². The van der Waals surface area contributed by atoms with E-state index in [9.17, 15) is 4.39 Å². The number of hydrogen-bond acceptors (Lipinski definition) is 9. The zero-order chi connectivity index (χ0) is 23.2. The van der Waals surface area contributed by atoms with E-state index >= 15 is 0 Å². The van der Waals surface area contributed by atoms with Gasteiger partial charge in [0.15, 0.2) is 23.2 Å². The summed E-state index contributed by atoms with van der Waals surface area (Å²) >= 11 is 0. The number of halogens is 1. The van der Waals surface area contributed by atoms with Crippen LogP contribution in [0.15, 0.2) is 36.5 Å². The number of pyridine rings is 1. The maximum Gasteiger partial charge on any atom is 0.229 e. The van der Waals surface area contributed by atoms with E-state index in [4.69, 9.17) is 4.74 Å². The first-order valence-corrected chi connectivity index (χ1v) is 11.6. The second kappa shape index (κ2) is 8.28. The summed E-state index contributed by atoms with van der Waals surface area (Å²) < 4.78 is 20.0. The van der Waals surface area contributed by atoms with Crippen LogP contribution in [0.3, 0.4) is 0 Å². The van der Waals surface area contributed by atoms with Crippen LogP contribution in [0.2, 0.25) is 0 Å². The molecule has 2 unspecified atom stereocenters. The average Bonchev–Trinajstić information content (AvgIpc) is 3.42. The molecule has 0 amide bonds. The van der Waals surface area contributed by atoms with Crippen LogP contribution in [-0.2, 0) is 0 Å². The number of nitrogens with one attached hydrogen (secondary N) is 3. The molecule has 3 aliphatic rings. The molecule has 10 heteroatoms. The molecule has 5 heterocycles. The minimum Gasteiger partial charge on any atom is -0.488 e. The Labute approximate surface area is 197 Å². The summed E-state index contributed by atoms with van der Waals surface area (Å²) in [5, 5.41) is 9.35. The second-order valence-electron chi connectivity index (χ2n) is 9.10. The molecule has 3 N–H and O–H groups in total. The number of piperazine rings is 1. The highest BCUT2D eigenvalue weighted by Gasteiger charge is 2.41. The fourth-order valence-corrected chi connectivity index (χ4v) is 5.01. The molecule has 2 bridgehead atoms. The van der Waals surface area contributed by atoms with Gasteiger partial charge in [-0.15, -0.1) is 0 Å². The molecular weight excluding hydrogens is 435 g/mol. The zero-order valence-corrected chi connectivity index (χ0v) is 19.2. The van der Waals surface area contributed by atoms with Crippen molar-refractivity contribution in [1.82, 2.24) is 19.9 Å². The van der Waals surface area contributed by atoms with Crippen molar-refractivity contribution in [3.63, 3.8) is 0 Å². The van der Waals surface area contributed by atoms with Gasteiger partial charge in [-0.05, 0) is 50.2 Å². The molecule has 2 aromatic heterocycles. The molecule has 0 saturated carbocycles. The zero-order valence-electron chi connectivity index (χ0n) is 19.2. The lowest BCUT2D eigenvalue weighted by atomic mass is 10.1. The Bertz CT molecular complexity index is 1240. The molecule has 6 rings (SSSR count). The van der Waals surface area contributed by atoms with Crippen molar-refractivity contribution in [2.75, 3.05) is 54.1 Å². The third kappa shape index (κ3) is 3.83. The fraction of sp³-hybridized carbons (Fsp3) is 0.375. The Morgan fingerprint density at radius 1 is 1.12 bits per heavy atom. The Hall–Kier alpha value is -3.66. The SMILES string of the molecule is Cc1ccc(Nc2ncc(F)c(Nc3ccc4c(n3)NCCO4)n2)cc1N1CC2CC1CN2C. The van der Waals surface area contributed by atoms with Crippen LogP contribution >= 0.6 is 0 Å². The molecule has 3 aliphatic heterocycles. The number of benzene rings is 1. The van der Waals surface area contributed by atoms with Crippen molar-refractivity contribution >= 4 is 34.8 Å². The molecule has 1 aromatic carbocycles. The Morgan fingerprint density at radius 2 is 2.03 bits per heavy atom. The van der Waals surface area contributed by atoms with Gasteiger partial charge in [0.05, 0.1) is 12.7 Å². The van der Waals surface area contributed by atoms with Crippen LogP contribution in [0.25, 0.3) is 0 Å². The number of nitrogens with zero attached hydrogens (tertiary/aromatic N) is 5. The maximum absolute atomic E-state index is 14.5. The van der Waals surface area contributed by atoms with Gasteiger partial charge in [0.1, 0.15) is 12.4 Å². The summed E-state index contributed by atoms with van der Waals surface area (Å²) in [6.07, 6.45) is 2.36. The van der Waals surface area contributed by atoms with Gasteiger partial charge in [-0.3, -0.25) is 4.90 Å². The highest BCUT2D eigenvalue weighted by atomic mass is 19.1. The van der Waals surface area contributed by atoms with Crippen molar-refractivity contribution in [3.8, 4) is 5.75 Å². The number of ether oxygens (including phenoxy) is 1. The lowest BCUT2D eigenvalue weighted by Gasteiger charge is -2.34. The topological polar surface area (TPSA) is 90.5 Å². The van der Waals surface area contributed by atoms with Crippen molar-refractivity contribution < 1.29 is 9.13 Å². The smallest absolute Gasteiger partial charge is 0.229 e. The number of rotatable bonds is 5. The van der Waals surface area contributed by atoms with Crippen molar-refractivity contribution in [2.45, 2.75) is 25.4 Å². The minimum atomic E-state index is -0.559. The van der Waals surface area contributed by atoms with Gasteiger partial charge in [-0.25, -0.2) is 14.4 Å². The minimum absolute atomic E-state index is 0.0499. The summed E-state index contributed by atoms with van der Waals surface area (Å²) in [5.74, 6) is 1.56. The summed E-state index contributed by atoms with van der Waals surface area (Å²) in [6.45, 7) is 5.54. The molecule has 2 fully saturated rings. The van der Waals surface area contributed by atoms with E-state index in [1.807, 2.05) is 6.07 Å². The first-order valence-electron chi connectivity index (χ1n) is 11.6. The standard InChI is InChI=1S/C24H27FN8O/c1-14-3-4-15(9-19(14)33-13-16-10-17(33)12-32(16)2)28-24-27-11-18(25)22(31-24)29-21-6-5-20-23(30-21)26-7-8-34-20/h3-6,9,11,16-17H,7-8,10,12-13H2,1-2H3,(H3,26,27,28,29,30,31). The first-order chi connectivity index (χ1) is 16.5. The first kappa shape index (κ1) is 20.9. The highest BCUT2D eigenvalue weighted by Crippen LogP contribution is 2.37. The van der Waals surface area contributed by atoms with E-state index < -0.39 is 5.82 Å². The van der Waals surface area contributed by atoms with Crippen molar-refractivity contribution in [3.05, 3.63) is 47.9 Å². The Kier molecular flexibility index (Phi) is 5.09. The average molecular weight is 463 g/mol. The van der Waals surface area contributed by atoms with Gasteiger partial charge in [-0.2, -0.15) is 4.98 Å². The number of anilines is 6. The summed E-state index contributed by atoms with van der Waals surface area (Å²) in [7, 11) is 2.20. The maximum atomic E-state index is 14.5. The Morgan fingerprint density at radius 3 is 2.85 bits per heavy atom. The lowest BCUT2D eigenvalue weighted by Crippen LogP contribution is -2.44. The van der Waals surface area contributed by atoms with Crippen molar-refractivity contribution in [1.29, 1.82) is 0 Å². The van der Waals surface area contributed by atoms with Crippen LogP contribution < -0.4 is 25.6 Å². The van der Waals surface area contributed by atoms with Crippen LogP contribution in [0, 0.1) is 12.7 Å². The summed E-state index contributed by atoms with van der Waals surface area (Å²) in [6, 6.07) is 10.9. The molecule has 9 nitrogen and oxygen atoms in total. The largest absolute Gasteiger partial charge is 0.488 e. The molecule has 0 radical (unpaired) electrons. The monoisotopic (exact) mass is 462 g/mol. The molecule has 34 heavy (non-hydrogen) atoms. The van der Waals surface area contributed by atoms with Gasteiger partial charge < -0.3 is 25.6 Å². The van der Waals surface area contributed by atoms with Gasteiger partial charge in [0, 0.05) is 36.5 Å². The third-order valence-corrected chi connectivity index (χ3v) is 6.79. The van der Waals surface area contributed by atoms with E-state index in [1.165, 1.54) is 17.7 Å². The molecule has 2 atom stereocenters. The van der Waals surface area contributed by atoms with Gasteiger partial charge in [0.25, 0.3) is 0 Å². The number of aromatic nitrogens is 3. The number of likely N-dealkylation sites (tertiary alicyclic amines) is 1. The van der Waals surface area contributed by atoms with E-state index in [0.717, 1.165) is 25.0 Å². The molecule has 0 spiro atoms. The summed E-state index contributed by atoms with van der Waals surface area (Å²) in [5.41, 5.74) is 3.32. The fourth-order valence-electron chi connectivity index (χ4n) is 5.01. The van der Waals surface area contributed by atoms with E-state index in [0.29, 0.717) is 48.6 Å². The van der Waals surface area contributed by atoms with Crippen molar-refractivity contribution in [2.24, 2.45) is 0 Å². The number of likely N-dealkylation sites (N-methyl/N-ethyl adjacent to an activating group) is 1. The lowest BCUT2D eigenvalue weighted by molar-refractivity contribution is 0.292. The quantitative estimate of drug-likeness (QED) is 0.527.